The van der Waals surface area contributed by atoms with Gasteiger partial charge in [0.15, 0.2) is 5.78 Å². The Labute approximate surface area is 126 Å². The number of Topliss-reactive ketones (excluding diaryl/α,β-unsaturated/α-hetero) is 1. The third-order valence-corrected chi connectivity index (χ3v) is 4.12. The van der Waals surface area contributed by atoms with Crippen molar-refractivity contribution in [1.82, 2.24) is 4.90 Å². The third kappa shape index (κ3) is 4.71. The Morgan fingerprint density at radius 2 is 1.76 bits per heavy atom. The summed E-state index contributed by atoms with van der Waals surface area (Å²) in [6.45, 7) is 1.31. The summed E-state index contributed by atoms with van der Waals surface area (Å²) in [5.74, 6) is -1.20. The number of alkyl halides is 3. The molecule has 1 aliphatic heterocycles. The average Bonchev–Trinajstić information content (AvgIpc) is 2.45. The maximum absolute atomic E-state index is 12.6. The zero-order valence-electron chi connectivity index (χ0n) is 11.5. The van der Waals surface area contributed by atoms with Gasteiger partial charge in [-0.05, 0) is 50.2 Å². The van der Waals surface area contributed by atoms with E-state index in [0.29, 0.717) is 36.6 Å². The first kappa shape index (κ1) is 16.3. The highest BCUT2D eigenvalue weighted by atomic mass is 35.5. The molecule has 0 saturated carbocycles. The van der Waals surface area contributed by atoms with Crippen LogP contribution < -0.4 is 0 Å². The quantitative estimate of drug-likeness (QED) is 0.776. The Hall–Kier alpha value is -1.07. The van der Waals surface area contributed by atoms with Gasteiger partial charge in [0.2, 0.25) is 0 Å². The monoisotopic (exact) mass is 319 g/mol. The van der Waals surface area contributed by atoms with Gasteiger partial charge in [-0.25, -0.2) is 0 Å². The van der Waals surface area contributed by atoms with Crippen LogP contribution in [0.2, 0.25) is 5.02 Å². The minimum Gasteiger partial charge on any atom is -0.303 e. The summed E-state index contributed by atoms with van der Waals surface area (Å²) >= 11 is 5.75. The van der Waals surface area contributed by atoms with Gasteiger partial charge < -0.3 is 4.90 Å². The van der Waals surface area contributed by atoms with E-state index in [9.17, 15) is 18.0 Å². The molecule has 6 heteroatoms. The Morgan fingerprint density at radius 1 is 1.19 bits per heavy atom. The largest absolute Gasteiger partial charge is 0.391 e. The van der Waals surface area contributed by atoms with Crippen molar-refractivity contribution in [3.05, 3.63) is 34.9 Å². The van der Waals surface area contributed by atoms with Gasteiger partial charge in [0, 0.05) is 23.6 Å². The van der Waals surface area contributed by atoms with Crippen molar-refractivity contribution in [3.8, 4) is 0 Å². The van der Waals surface area contributed by atoms with E-state index in [1.165, 1.54) is 0 Å². The highest BCUT2D eigenvalue weighted by molar-refractivity contribution is 6.30. The smallest absolute Gasteiger partial charge is 0.303 e. The average molecular weight is 320 g/mol. The van der Waals surface area contributed by atoms with Crippen LogP contribution in [0.3, 0.4) is 0 Å². The molecule has 1 saturated heterocycles. The first-order chi connectivity index (χ1) is 9.86. The van der Waals surface area contributed by atoms with E-state index < -0.39 is 12.1 Å². The minimum atomic E-state index is -4.09. The predicted octanol–water partition coefficient (Wildman–Crippen LogP) is 4.19. The Kier molecular flexibility index (Phi) is 5.27. The van der Waals surface area contributed by atoms with Gasteiger partial charge in [-0.3, -0.25) is 4.79 Å². The number of hydrogen-bond acceptors (Lipinski definition) is 2. The number of carbonyl (C=O) groups is 1. The van der Waals surface area contributed by atoms with Crippen LogP contribution in [0, 0.1) is 5.92 Å². The van der Waals surface area contributed by atoms with Crippen molar-refractivity contribution in [2.45, 2.75) is 25.4 Å². The van der Waals surface area contributed by atoms with Crippen LogP contribution in [0.25, 0.3) is 0 Å². The molecule has 0 aromatic heterocycles. The minimum absolute atomic E-state index is 0.00962. The number of benzene rings is 1. The second-order valence-electron chi connectivity index (χ2n) is 5.34. The summed E-state index contributed by atoms with van der Waals surface area (Å²) in [7, 11) is 0. The van der Waals surface area contributed by atoms with Crippen LogP contribution in [0.1, 0.15) is 29.6 Å². The van der Waals surface area contributed by atoms with Crippen LogP contribution in [0.15, 0.2) is 24.3 Å². The SMILES string of the molecule is O=C(CCN1CCC(C(F)(F)F)CC1)c1ccc(Cl)cc1. The molecule has 1 fully saturated rings. The van der Waals surface area contributed by atoms with E-state index in [1.54, 1.807) is 24.3 Å². The summed E-state index contributed by atoms with van der Waals surface area (Å²) in [4.78, 5) is 13.9. The van der Waals surface area contributed by atoms with E-state index in [2.05, 4.69) is 0 Å². The molecule has 2 nitrogen and oxygen atoms in total. The highest BCUT2D eigenvalue weighted by Gasteiger charge is 2.40. The number of nitrogens with zero attached hydrogens (tertiary/aromatic N) is 1. The van der Waals surface area contributed by atoms with Gasteiger partial charge in [0.05, 0.1) is 5.92 Å². The standard InChI is InChI=1S/C15H17ClF3NO/c16-13-3-1-11(2-4-13)14(21)7-10-20-8-5-12(6-9-20)15(17,18)19/h1-4,12H,5-10H2. The number of halogens is 4. The van der Waals surface area contributed by atoms with Crippen molar-refractivity contribution in [3.63, 3.8) is 0 Å². The molecule has 21 heavy (non-hydrogen) atoms. The molecule has 1 aromatic carbocycles. The normalized spacial score (nSPS) is 17.9. The van der Waals surface area contributed by atoms with Crippen LogP contribution in [-0.2, 0) is 0 Å². The lowest BCUT2D eigenvalue weighted by molar-refractivity contribution is -0.185. The van der Waals surface area contributed by atoms with Gasteiger partial charge >= 0.3 is 6.18 Å². The summed E-state index contributed by atoms with van der Waals surface area (Å²) < 4.78 is 37.7. The van der Waals surface area contributed by atoms with E-state index in [-0.39, 0.29) is 18.6 Å². The first-order valence-corrected chi connectivity index (χ1v) is 7.32. The van der Waals surface area contributed by atoms with Crippen molar-refractivity contribution < 1.29 is 18.0 Å². The molecule has 1 aromatic rings. The maximum Gasteiger partial charge on any atom is 0.391 e. The predicted molar refractivity (Wildman–Crippen MR) is 75.6 cm³/mol. The number of hydrogen-bond donors (Lipinski definition) is 0. The Bertz CT molecular complexity index is 479. The molecule has 1 heterocycles. The van der Waals surface area contributed by atoms with Crippen molar-refractivity contribution >= 4 is 17.4 Å². The molecule has 116 valence electrons. The fourth-order valence-electron chi connectivity index (χ4n) is 2.52. The summed E-state index contributed by atoms with van der Waals surface area (Å²) in [6, 6.07) is 6.65. The molecule has 0 aliphatic carbocycles. The molecular weight excluding hydrogens is 303 g/mol. The van der Waals surface area contributed by atoms with Crippen molar-refractivity contribution in [2.24, 2.45) is 5.92 Å². The van der Waals surface area contributed by atoms with E-state index in [4.69, 9.17) is 11.6 Å². The van der Waals surface area contributed by atoms with Gasteiger partial charge in [-0.2, -0.15) is 13.2 Å². The van der Waals surface area contributed by atoms with Gasteiger partial charge in [-0.15, -0.1) is 0 Å². The molecule has 0 radical (unpaired) electrons. The van der Waals surface area contributed by atoms with Crippen molar-refractivity contribution in [1.29, 1.82) is 0 Å². The van der Waals surface area contributed by atoms with Crippen LogP contribution >= 0.6 is 11.6 Å². The molecule has 0 amide bonds. The molecule has 0 bridgehead atoms. The van der Waals surface area contributed by atoms with Crippen LogP contribution in [-0.4, -0.2) is 36.5 Å². The molecule has 0 N–H and O–H groups in total. The fourth-order valence-corrected chi connectivity index (χ4v) is 2.65. The molecule has 2 rings (SSSR count). The number of piperidine rings is 1. The Morgan fingerprint density at radius 3 is 2.29 bits per heavy atom. The van der Waals surface area contributed by atoms with Crippen LogP contribution in [0.4, 0.5) is 13.2 Å². The van der Waals surface area contributed by atoms with E-state index in [0.717, 1.165) is 0 Å². The fraction of sp³-hybridized carbons (Fsp3) is 0.533. The van der Waals surface area contributed by atoms with Gasteiger partial charge in [0.1, 0.15) is 0 Å². The number of likely N-dealkylation sites (tertiary alicyclic amines) is 1. The third-order valence-electron chi connectivity index (χ3n) is 3.87. The zero-order valence-corrected chi connectivity index (χ0v) is 12.3. The van der Waals surface area contributed by atoms with Crippen molar-refractivity contribution in [2.75, 3.05) is 19.6 Å². The molecule has 0 atom stereocenters. The summed E-state index contributed by atoms with van der Waals surface area (Å²) in [5, 5.41) is 0.570. The van der Waals surface area contributed by atoms with Crippen LogP contribution in [0.5, 0.6) is 0 Å². The highest BCUT2D eigenvalue weighted by Crippen LogP contribution is 2.34. The number of rotatable bonds is 4. The summed E-state index contributed by atoms with van der Waals surface area (Å²) in [5.41, 5.74) is 0.588. The Balaban J connectivity index is 1.77. The van der Waals surface area contributed by atoms with Gasteiger partial charge in [0.25, 0.3) is 0 Å². The van der Waals surface area contributed by atoms with E-state index >= 15 is 0 Å². The number of ketones is 1. The summed E-state index contributed by atoms with van der Waals surface area (Å²) in [6.07, 6.45) is -3.53. The topological polar surface area (TPSA) is 20.3 Å². The first-order valence-electron chi connectivity index (χ1n) is 6.94. The zero-order chi connectivity index (χ0) is 15.5. The maximum atomic E-state index is 12.6. The lowest BCUT2D eigenvalue weighted by atomic mass is 9.96. The van der Waals surface area contributed by atoms with Gasteiger partial charge in [-0.1, -0.05) is 11.6 Å². The van der Waals surface area contributed by atoms with E-state index in [1.807, 2.05) is 4.90 Å². The lowest BCUT2D eigenvalue weighted by Gasteiger charge is -2.32. The molecule has 0 unspecified atom stereocenters. The second kappa shape index (κ2) is 6.79. The molecular formula is C15H17ClF3NO. The number of carbonyl (C=O) groups excluding carboxylic acids is 1. The lowest BCUT2D eigenvalue weighted by Crippen LogP contribution is -2.39. The molecule has 1 aliphatic rings. The second-order valence-corrected chi connectivity index (χ2v) is 5.77. The molecule has 0 spiro atoms.